The number of allylic oxidation sites excluding steroid dienone is 3. The van der Waals surface area contributed by atoms with Crippen LogP contribution in [0, 0.1) is 0 Å². The van der Waals surface area contributed by atoms with Crippen molar-refractivity contribution in [1.82, 2.24) is 0 Å². The van der Waals surface area contributed by atoms with Gasteiger partial charge in [-0.1, -0.05) is 17.2 Å². The molecule has 25 heavy (non-hydrogen) atoms. The minimum Gasteiger partial charge on any atom is -0.508 e. The second-order valence-electron chi connectivity index (χ2n) is 6.11. The molecule has 0 bridgehead atoms. The molecule has 0 saturated carbocycles. The number of methoxy groups -OCH3 is 1. The Labute approximate surface area is 147 Å². The Kier molecular flexibility index (Phi) is 6.28. The standard InChI is InChI=1S/C20H24O5/c1-13(2)6-5-7-14(3)10-11-24-19-18(23-4)16-9-8-15(21)12-17(16)25-20(19)22/h6,8-10,12,21H,5,7,11H2,1-4H3/b14-10+. The van der Waals surface area contributed by atoms with E-state index in [0.717, 1.165) is 12.8 Å². The number of phenolic OH excluding ortho intramolecular Hbond substituents is 1. The lowest BCUT2D eigenvalue weighted by molar-refractivity contribution is 0.309. The van der Waals surface area contributed by atoms with Gasteiger partial charge in [0, 0.05) is 6.07 Å². The lowest BCUT2D eigenvalue weighted by atomic mass is 10.1. The fourth-order valence-corrected chi connectivity index (χ4v) is 2.43. The lowest BCUT2D eigenvalue weighted by Crippen LogP contribution is -2.09. The molecule has 5 heteroatoms. The van der Waals surface area contributed by atoms with Gasteiger partial charge >= 0.3 is 5.63 Å². The van der Waals surface area contributed by atoms with Gasteiger partial charge in [0.2, 0.25) is 5.75 Å². The highest BCUT2D eigenvalue weighted by atomic mass is 16.5. The normalized spacial score (nSPS) is 11.4. The molecule has 134 valence electrons. The zero-order chi connectivity index (χ0) is 18.4. The van der Waals surface area contributed by atoms with Gasteiger partial charge in [-0.3, -0.25) is 0 Å². The van der Waals surface area contributed by atoms with Gasteiger partial charge in [-0.2, -0.15) is 0 Å². The first-order valence-corrected chi connectivity index (χ1v) is 8.18. The Morgan fingerprint density at radius 1 is 1.20 bits per heavy atom. The van der Waals surface area contributed by atoms with Crippen molar-refractivity contribution >= 4 is 11.0 Å². The third-order valence-corrected chi connectivity index (χ3v) is 3.76. The minimum atomic E-state index is -0.634. The SMILES string of the molecule is COc1c(OC/C=C(\C)CCC=C(C)C)c(=O)oc2cc(O)ccc12. The predicted octanol–water partition coefficient (Wildman–Crippen LogP) is 4.58. The third kappa shape index (κ3) is 4.89. The third-order valence-electron chi connectivity index (χ3n) is 3.76. The molecule has 0 aliphatic heterocycles. The molecular weight excluding hydrogens is 320 g/mol. The number of rotatable bonds is 7. The minimum absolute atomic E-state index is 0.0151. The van der Waals surface area contributed by atoms with Crippen LogP contribution in [0.15, 0.2) is 50.7 Å². The first-order valence-electron chi connectivity index (χ1n) is 8.18. The summed E-state index contributed by atoms with van der Waals surface area (Å²) in [6.45, 7) is 6.44. The van der Waals surface area contributed by atoms with E-state index in [1.165, 1.54) is 30.4 Å². The maximum absolute atomic E-state index is 12.2. The van der Waals surface area contributed by atoms with Crippen molar-refractivity contribution in [2.75, 3.05) is 13.7 Å². The molecule has 0 atom stereocenters. The molecule has 0 unspecified atom stereocenters. The van der Waals surface area contributed by atoms with Crippen molar-refractivity contribution < 1.29 is 19.0 Å². The van der Waals surface area contributed by atoms with E-state index in [-0.39, 0.29) is 23.7 Å². The summed E-state index contributed by atoms with van der Waals surface area (Å²) in [5.74, 6) is 0.358. The van der Waals surface area contributed by atoms with Crippen LogP contribution in [0.3, 0.4) is 0 Å². The summed E-state index contributed by atoms with van der Waals surface area (Å²) in [6.07, 6.45) is 6.06. The topological polar surface area (TPSA) is 68.9 Å². The molecule has 0 saturated heterocycles. The van der Waals surface area contributed by atoms with E-state index in [0.29, 0.717) is 11.1 Å². The average Bonchev–Trinajstić information content (AvgIpc) is 2.54. The van der Waals surface area contributed by atoms with Crippen LogP contribution in [-0.4, -0.2) is 18.8 Å². The maximum Gasteiger partial charge on any atom is 0.383 e. The van der Waals surface area contributed by atoms with E-state index in [9.17, 15) is 9.90 Å². The van der Waals surface area contributed by atoms with Gasteiger partial charge in [-0.15, -0.1) is 0 Å². The van der Waals surface area contributed by atoms with Crippen LogP contribution in [0.5, 0.6) is 17.2 Å². The van der Waals surface area contributed by atoms with Crippen LogP contribution in [-0.2, 0) is 0 Å². The van der Waals surface area contributed by atoms with Crippen molar-refractivity contribution in [3.8, 4) is 17.2 Å². The Balaban J connectivity index is 2.18. The van der Waals surface area contributed by atoms with Crippen LogP contribution in [0.1, 0.15) is 33.6 Å². The highest BCUT2D eigenvalue weighted by Gasteiger charge is 2.17. The number of ether oxygens (including phenoxy) is 2. The van der Waals surface area contributed by atoms with Crippen LogP contribution >= 0.6 is 0 Å². The van der Waals surface area contributed by atoms with Crippen LogP contribution in [0.2, 0.25) is 0 Å². The molecule has 5 nitrogen and oxygen atoms in total. The van der Waals surface area contributed by atoms with E-state index >= 15 is 0 Å². The largest absolute Gasteiger partial charge is 0.508 e. The maximum atomic E-state index is 12.2. The van der Waals surface area contributed by atoms with Gasteiger partial charge in [-0.05, 0) is 51.8 Å². The Morgan fingerprint density at radius 3 is 2.64 bits per heavy atom. The quantitative estimate of drug-likeness (QED) is 0.588. The lowest BCUT2D eigenvalue weighted by Gasteiger charge is -2.10. The molecule has 0 spiro atoms. The molecular formula is C20H24O5. The van der Waals surface area contributed by atoms with Crippen molar-refractivity contribution in [2.24, 2.45) is 0 Å². The van der Waals surface area contributed by atoms with Crippen molar-refractivity contribution in [3.63, 3.8) is 0 Å². The number of hydrogen-bond donors (Lipinski definition) is 1. The fraction of sp³-hybridized carbons (Fsp3) is 0.350. The summed E-state index contributed by atoms with van der Waals surface area (Å²) >= 11 is 0. The van der Waals surface area contributed by atoms with E-state index in [1.807, 2.05) is 13.0 Å². The fourth-order valence-electron chi connectivity index (χ4n) is 2.43. The van der Waals surface area contributed by atoms with Gasteiger partial charge in [0.25, 0.3) is 0 Å². The molecule has 0 amide bonds. The average molecular weight is 344 g/mol. The molecule has 1 aromatic heterocycles. The first-order chi connectivity index (χ1) is 11.9. The second-order valence-corrected chi connectivity index (χ2v) is 6.11. The molecule has 1 aromatic carbocycles. The molecule has 0 aliphatic rings. The van der Waals surface area contributed by atoms with E-state index in [4.69, 9.17) is 13.9 Å². The summed E-state index contributed by atoms with van der Waals surface area (Å²) in [5, 5.41) is 10.1. The number of benzene rings is 1. The summed E-state index contributed by atoms with van der Waals surface area (Å²) in [6, 6.07) is 4.50. The van der Waals surface area contributed by atoms with Crippen molar-refractivity contribution in [3.05, 3.63) is 51.9 Å². The zero-order valence-corrected chi connectivity index (χ0v) is 15.1. The summed E-state index contributed by atoms with van der Waals surface area (Å²) in [5.41, 5.74) is 2.10. The Hall–Kier alpha value is -2.69. The Morgan fingerprint density at radius 2 is 1.96 bits per heavy atom. The molecule has 0 radical (unpaired) electrons. The molecule has 0 fully saturated rings. The summed E-state index contributed by atoms with van der Waals surface area (Å²) in [7, 11) is 1.47. The highest BCUT2D eigenvalue weighted by Crippen LogP contribution is 2.33. The van der Waals surface area contributed by atoms with Crippen molar-refractivity contribution in [1.29, 1.82) is 0 Å². The Bertz CT molecular complexity index is 854. The summed E-state index contributed by atoms with van der Waals surface area (Å²) in [4.78, 5) is 12.2. The first kappa shape index (κ1) is 18.6. The molecule has 1 N–H and O–H groups in total. The number of hydrogen-bond acceptors (Lipinski definition) is 5. The second kappa shape index (κ2) is 8.42. The number of fused-ring (bicyclic) bond motifs is 1. The van der Waals surface area contributed by atoms with E-state index < -0.39 is 5.63 Å². The van der Waals surface area contributed by atoms with Crippen LogP contribution in [0.4, 0.5) is 0 Å². The number of phenols is 1. The van der Waals surface area contributed by atoms with Gasteiger partial charge in [-0.25, -0.2) is 4.79 Å². The smallest absolute Gasteiger partial charge is 0.383 e. The van der Waals surface area contributed by atoms with Crippen molar-refractivity contribution in [2.45, 2.75) is 33.6 Å². The monoisotopic (exact) mass is 344 g/mol. The molecule has 0 aliphatic carbocycles. The van der Waals surface area contributed by atoms with Gasteiger partial charge in [0.05, 0.1) is 12.5 Å². The van der Waals surface area contributed by atoms with E-state index in [1.54, 1.807) is 6.07 Å². The summed E-state index contributed by atoms with van der Waals surface area (Å²) < 4.78 is 16.2. The van der Waals surface area contributed by atoms with Gasteiger partial charge < -0.3 is 19.0 Å². The van der Waals surface area contributed by atoms with Gasteiger partial charge in [0.1, 0.15) is 17.9 Å². The molecule has 1 heterocycles. The predicted molar refractivity (Wildman–Crippen MR) is 98.6 cm³/mol. The highest BCUT2D eigenvalue weighted by molar-refractivity contribution is 5.86. The molecule has 2 aromatic rings. The number of aromatic hydroxyl groups is 1. The van der Waals surface area contributed by atoms with E-state index in [2.05, 4.69) is 19.9 Å². The zero-order valence-electron chi connectivity index (χ0n) is 15.1. The van der Waals surface area contributed by atoms with Crippen LogP contribution < -0.4 is 15.1 Å². The van der Waals surface area contributed by atoms with Gasteiger partial charge in [0.15, 0.2) is 5.75 Å². The molecule has 2 rings (SSSR count). The van der Waals surface area contributed by atoms with Crippen LogP contribution in [0.25, 0.3) is 11.0 Å².